The largest absolute Gasteiger partial charge is 0.497 e. The van der Waals surface area contributed by atoms with Crippen LogP contribution < -0.4 is 10.1 Å². The van der Waals surface area contributed by atoms with Gasteiger partial charge in [-0.2, -0.15) is 11.8 Å². The molecule has 3 heteroatoms. The van der Waals surface area contributed by atoms with E-state index in [1.54, 1.807) is 7.11 Å². The molecule has 0 saturated carbocycles. The van der Waals surface area contributed by atoms with Crippen LogP contribution in [-0.2, 0) is 0 Å². The molecule has 1 saturated heterocycles. The first-order chi connectivity index (χ1) is 8.20. The van der Waals surface area contributed by atoms with Gasteiger partial charge < -0.3 is 10.1 Å². The molecule has 1 aromatic rings. The highest BCUT2D eigenvalue weighted by atomic mass is 32.2. The van der Waals surface area contributed by atoms with Crippen LogP contribution in [0.5, 0.6) is 5.75 Å². The Kier molecular flexibility index (Phi) is 4.35. The van der Waals surface area contributed by atoms with Gasteiger partial charge in [-0.3, -0.25) is 0 Å². The van der Waals surface area contributed by atoms with Crippen molar-refractivity contribution in [2.75, 3.05) is 12.9 Å². The molecule has 1 heterocycles. The van der Waals surface area contributed by atoms with E-state index in [0.29, 0.717) is 12.1 Å². The van der Waals surface area contributed by atoms with Crippen molar-refractivity contribution >= 4 is 11.8 Å². The summed E-state index contributed by atoms with van der Waals surface area (Å²) in [5, 5.41) is 4.44. The molecule has 17 heavy (non-hydrogen) atoms. The van der Waals surface area contributed by atoms with E-state index in [1.807, 2.05) is 6.07 Å². The molecular weight excluding hydrogens is 230 g/mol. The number of rotatable bonds is 4. The van der Waals surface area contributed by atoms with E-state index >= 15 is 0 Å². The molecule has 94 valence electrons. The lowest BCUT2D eigenvalue weighted by molar-refractivity contribution is 0.411. The van der Waals surface area contributed by atoms with Crippen LogP contribution in [0.3, 0.4) is 0 Å². The standard InChI is InChI=1S/C14H21NOS/c1-10(15-14-7-8-17-11(14)2)12-5-4-6-13(9-12)16-3/h4-6,9-11,14-15H,7-8H2,1-3H3/t10-,11?,14?/m0/s1. The van der Waals surface area contributed by atoms with Gasteiger partial charge in [0.1, 0.15) is 5.75 Å². The van der Waals surface area contributed by atoms with E-state index in [9.17, 15) is 0 Å². The molecule has 0 aliphatic carbocycles. The number of nitrogens with one attached hydrogen (secondary N) is 1. The van der Waals surface area contributed by atoms with Gasteiger partial charge in [0.25, 0.3) is 0 Å². The number of ether oxygens (including phenoxy) is 1. The molecule has 0 radical (unpaired) electrons. The van der Waals surface area contributed by atoms with Gasteiger partial charge in [-0.05, 0) is 36.8 Å². The van der Waals surface area contributed by atoms with Gasteiger partial charge in [0.2, 0.25) is 0 Å². The van der Waals surface area contributed by atoms with Crippen molar-refractivity contribution in [3.05, 3.63) is 29.8 Å². The average molecular weight is 251 g/mol. The van der Waals surface area contributed by atoms with Crippen LogP contribution in [0.4, 0.5) is 0 Å². The van der Waals surface area contributed by atoms with Crippen LogP contribution in [0, 0.1) is 0 Å². The molecule has 1 N–H and O–H groups in total. The minimum atomic E-state index is 0.385. The Hall–Kier alpha value is -0.670. The van der Waals surface area contributed by atoms with Crippen molar-refractivity contribution < 1.29 is 4.74 Å². The van der Waals surface area contributed by atoms with Crippen LogP contribution in [0.25, 0.3) is 0 Å². The van der Waals surface area contributed by atoms with Crippen LogP contribution >= 0.6 is 11.8 Å². The van der Waals surface area contributed by atoms with Gasteiger partial charge in [-0.15, -0.1) is 0 Å². The van der Waals surface area contributed by atoms with Crippen molar-refractivity contribution in [3.63, 3.8) is 0 Å². The third-order valence-electron chi connectivity index (χ3n) is 3.43. The maximum absolute atomic E-state index is 5.26. The monoisotopic (exact) mass is 251 g/mol. The molecule has 1 aromatic carbocycles. The Bertz CT molecular complexity index is 369. The Morgan fingerprint density at radius 1 is 1.47 bits per heavy atom. The zero-order chi connectivity index (χ0) is 12.3. The predicted octanol–water partition coefficient (Wildman–Crippen LogP) is 3.24. The predicted molar refractivity (Wildman–Crippen MR) is 74.9 cm³/mol. The van der Waals surface area contributed by atoms with Crippen molar-refractivity contribution in [2.45, 2.75) is 37.6 Å². The number of hydrogen-bond donors (Lipinski definition) is 1. The number of methoxy groups -OCH3 is 1. The smallest absolute Gasteiger partial charge is 0.119 e. The van der Waals surface area contributed by atoms with E-state index in [4.69, 9.17) is 4.74 Å². The summed E-state index contributed by atoms with van der Waals surface area (Å²) < 4.78 is 5.26. The fourth-order valence-electron chi connectivity index (χ4n) is 2.28. The van der Waals surface area contributed by atoms with E-state index in [0.717, 1.165) is 11.0 Å². The summed E-state index contributed by atoms with van der Waals surface area (Å²) in [6, 6.07) is 9.35. The summed E-state index contributed by atoms with van der Waals surface area (Å²) in [4.78, 5) is 0. The van der Waals surface area contributed by atoms with Crippen molar-refractivity contribution in [2.24, 2.45) is 0 Å². The molecular formula is C14H21NOS. The minimum absolute atomic E-state index is 0.385. The Labute approximate surface area is 108 Å². The van der Waals surface area contributed by atoms with Crippen molar-refractivity contribution in [1.29, 1.82) is 0 Å². The van der Waals surface area contributed by atoms with E-state index < -0.39 is 0 Å². The molecule has 1 fully saturated rings. The van der Waals surface area contributed by atoms with Crippen LogP contribution in [0.15, 0.2) is 24.3 Å². The van der Waals surface area contributed by atoms with Gasteiger partial charge in [0.15, 0.2) is 0 Å². The maximum atomic E-state index is 5.26. The highest BCUT2D eigenvalue weighted by Gasteiger charge is 2.25. The first-order valence-electron chi connectivity index (χ1n) is 6.22. The number of hydrogen-bond acceptors (Lipinski definition) is 3. The molecule has 0 aromatic heterocycles. The summed E-state index contributed by atoms with van der Waals surface area (Å²) >= 11 is 2.06. The van der Waals surface area contributed by atoms with Crippen LogP contribution in [0.2, 0.25) is 0 Å². The molecule has 2 rings (SSSR count). The molecule has 0 amide bonds. The second kappa shape index (κ2) is 5.78. The van der Waals surface area contributed by atoms with E-state index in [2.05, 4.69) is 49.1 Å². The molecule has 1 aliphatic heterocycles. The summed E-state index contributed by atoms with van der Waals surface area (Å²) in [7, 11) is 1.72. The molecule has 0 spiro atoms. The van der Waals surface area contributed by atoms with Gasteiger partial charge in [-0.25, -0.2) is 0 Å². The second-order valence-electron chi connectivity index (χ2n) is 4.64. The SMILES string of the molecule is COc1cccc([C@H](C)NC2CCSC2C)c1. The van der Waals surface area contributed by atoms with Crippen LogP contribution in [-0.4, -0.2) is 24.2 Å². The van der Waals surface area contributed by atoms with Crippen LogP contribution in [0.1, 0.15) is 31.9 Å². The first-order valence-corrected chi connectivity index (χ1v) is 7.27. The molecule has 1 aliphatic rings. The lowest BCUT2D eigenvalue weighted by Crippen LogP contribution is -2.35. The first kappa shape index (κ1) is 12.8. The van der Waals surface area contributed by atoms with Gasteiger partial charge in [0.05, 0.1) is 7.11 Å². The fourth-order valence-corrected chi connectivity index (χ4v) is 3.49. The van der Waals surface area contributed by atoms with Gasteiger partial charge in [0, 0.05) is 17.3 Å². The average Bonchev–Trinajstić information content (AvgIpc) is 2.75. The number of benzene rings is 1. The Balaban J connectivity index is 2.00. The Morgan fingerprint density at radius 3 is 2.94 bits per heavy atom. The zero-order valence-electron chi connectivity index (χ0n) is 10.8. The summed E-state index contributed by atoms with van der Waals surface area (Å²) in [5.41, 5.74) is 1.30. The fraction of sp³-hybridized carbons (Fsp3) is 0.571. The zero-order valence-corrected chi connectivity index (χ0v) is 11.6. The lowest BCUT2D eigenvalue weighted by atomic mass is 10.1. The van der Waals surface area contributed by atoms with E-state index in [1.165, 1.54) is 17.7 Å². The molecule has 0 bridgehead atoms. The van der Waals surface area contributed by atoms with Gasteiger partial charge in [-0.1, -0.05) is 19.1 Å². The summed E-state index contributed by atoms with van der Waals surface area (Å²) in [6.07, 6.45) is 1.28. The molecule has 2 unspecified atom stereocenters. The highest BCUT2D eigenvalue weighted by Crippen LogP contribution is 2.28. The number of thioether (sulfide) groups is 1. The third-order valence-corrected chi connectivity index (χ3v) is 4.76. The topological polar surface area (TPSA) is 21.3 Å². The molecule has 3 atom stereocenters. The highest BCUT2D eigenvalue weighted by molar-refractivity contribution is 8.00. The molecule has 2 nitrogen and oxygen atoms in total. The maximum Gasteiger partial charge on any atom is 0.119 e. The van der Waals surface area contributed by atoms with Gasteiger partial charge >= 0.3 is 0 Å². The summed E-state index contributed by atoms with van der Waals surface area (Å²) in [5.74, 6) is 2.22. The Morgan fingerprint density at radius 2 is 2.29 bits per heavy atom. The quantitative estimate of drug-likeness (QED) is 0.887. The van der Waals surface area contributed by atoms with Crippen molar-refractivity contribution in [1.82, 2.24) is 5.32 Å². The van der Waals surface area contributed by atoms with E-state index in [-0.39, 0.29) is 0 Å². The third kappa shape index (κ3) is 3.17. The minimum Gasteiger partial charge on any atom is -0.497 e. The lowest BCUT2D eigenvalue weighted by Gasteiger charge is -2.22. The van der Waals surface area contributed by atoms with Crippen molar-refractivity contribution in [3.8, 4) is 5.75 Å². The summed E-state index contributed by atoms with van der Waals surface area (Å²) in [6.45, 7) is 4.54. The normalized spacial score (nSPS) is 25.8. The second-order valence-corrected chi connectivity index (χ2v) is 6.12.